The molecule has 0 aliphatic heterocycles. The monoisotopic (exact) mass is 225 g/mol. The van der Waals surface area contributed by atoms with Crippen molar-refractivity contribution in [2.24, 2.45) is 5.41 Å². The van der Waals surface area contributed by atoms with Gasteiger partial charge < -0.3 is 14.5 Å². The van der Waals surface area contributed by atoms with Gasteiger partial charge in [0.1, 0.15) is 0 Å². The van der Waals surface area contributed by atoms with Gasteiger partial charge >= 0.3 is 0 Å². The van der Waals surface area contributed by atoms with Gasteiger partial charge in [-0.3, -0.25) is 0 Å². The minimum absolute atomic E-state index is 0.365. The van der Waals surface area contributed by atoms with Crippen LogP contribution in [0.25, 0.3) is 0 Å². The second kappa shape index (κ2) is 6.71. The smallest absolute Gasteiger partial charge is 0.0947 e. The summed E-state index contributed by atoms with van der Waals surface area (Å²) >= 11 is 0. The third-order valence-corrected chi connectivity index (χ3v) is 2.33. The molecule has 1 aromatic heterocycles. The highest BCUT2D eigenvalue weighted by molar-refractivity contribution is 5.04. The summed E-state index contributed by atoms with van der Waals surface area (Å²) < 4.78 is 10.5. The van der Waals surface area contributed by atoms with Crippen LogP contribution < -0.4 is 5.32 Å². The van der Waals surface area contributed by atoms with Gasteiger partial charge in [0.25, 0.3) is 0 Å². The molecular weight excluding hydrogens is 202 g/mol. The molecule has 0 saturated carbocycles. The number of rotatable bonds is 7. The lowest BCUT2D eigenvalue weighted by atomic mass is 9.93. The highest BCUT2D eigenvalue weighted by Gasteiger charge is 2.08. The molecule has 0 aliphatic rings. The van der Waals surface area contributed by atoms with Crippen LogP contribution in [-0.2, 0) is 11.3 Å². The maximum absolute atomic E-state index is 5.54. The van der Waals surface area contributed by atoms with Crippen LogP contribution in [0.15, 0.2) is 23.0 Å². The molecule has 3 heteroatoms. The zero-order valence-electron chi connectivity index (χ0n) is 10.6. The van der Waals surface area contributed by atoms with Gasteiger partial charge in [-0.25, -0.2) is 0 Å². The lowest BCUT2D eigenvalue weighted by Crippen LogP contribution is -2.20. The van der Waals surface area contributed by atoms with Crippen molar-refractivity contribution in [1.82, 2.24) is 5.32 Å². The van der Waals surface area contributed by atoms with Crippen LogP contribution in [0.2, 0.25) is 0 Å². The molecule has 0 radical (unpaired) electrons. The van der Waals surface area contributed by atoms with Crippen molar-refractivity contribution < 1.29 is 9.15 Å². The van der Waals surface area contributed by atoms with E-state index >= 15 is 0 Å². The van der Waals surface area contributed by atoms with Crippen molar-refractivity contribution in [2.45, 2.75) is 33.7 Å². The van der Waals surface area contributed by atoms with E-state index in [-0.39, 0.29) is 0 Å². The quantitative estimate of drug-likeness (QED) is 0.725. The van der Waals surface area contributed by atoms with Crippen molar-refractivity contribution in [3.8, 4) is 0 Å². The molecule has 0 amide bonds. The Hall–Kier alpha value is -0.800. The van der Waals surface area contributed by atoms with Crippen LogP contribution >= 0.6 is 0 Å². The Labute approximate surface area is 98.2 Å². The molecule has 0 bridgehead atoms. The summed E-state index contributed by atoms with van der Waals surface area (Å²) in [4.78, 5) is 0. The second-order valence-corrected chi connectivity index (χ2v) is 5.23. The van der Waals surface area contributed by atoms with E-state index in [1.54, 1.807) is 12.5 Å². The van der Waals surface area contributed by atoms with Gasteiger partial charge in [-0.2, -0.15) is 0 Å². The average Bonchev–Trinajstić information content (AvgIpc) is 2.67. The van der Waals surface area contributed by atoms with Crippen LogP contribution in [0, 0.1) is 5.41 Å². The Morgan fingerprint density at radius 1 is 1.31 bits per heavy atom. The first kappa shape index (κ1) is 13.3. The van der Waals surface area contributed by atoms with Crippen molar-refractivity contribution in [2.75, 3.05) is 19.8 Å². The number of nitrogens with one attached hydrogen (secondary N) is 1. The van der Waals surface area contributed by atoms with Gasteiger partial charge in [0, 0.05) is 25.3 Å². The summed E-state index contributed by atoms with van der Waals surface area (Å²) in [6.45, 7) is 10.0. The number of hydrogen-bond donors (Lipinski definition) is 1. The van der Waals surface area contributed by atoms with Gasteiger partial charge in [0.15, 0.2) is 0 Å². The summed E-state index contributed by atoms with van der Waals surface area (Å²) in [7, 11) is 0. The summed E-state index contributed by atoms with van der Waals surface area (Å²) in [5.41, 5.74) is 1.54. The largest absolute Gasteiger partial charge is 0.472 e. The molecule has 0 aliphatic carbocycles. The van der Waals surface area contributed by atoms with E-state index in [9.17, 15) is 0 Å². The Morgan fingerprint density at radius 3 is 2.75 bits per heavy atom. The molecule has 0 atom stereocenters. The fraction of sp³-hybridized carbons (Fsp3) is 0.692. The Balaban J connectivity index is 1.89. The lowest BCUT2D eigenvalue weighted by Gasteiger charge is -2.17. The summed E-state index contributed by atoms with van der Waals surface area (Å²) in [5, 5.41) is 3.30. The molecule has 1 heterocycles. The van der Waals surface area contributed by atoms with Gasteiger partial charge in [-0.05, 0) is 17.9 Å². The van der Waals surface area contributed by atoms with E-state index in [2.05, 4.69) is 26.1 Å². The van der Waals surface area contributed by atoms with Crippen LogP contribution in [0.3, 0.4) is 0 Å². The van der Waals surface area contributed by atoms with Crippen molar-refractivity contribution >= 4 is 0 Å². The van der Waals surface area contributed by atoms with Crippen LogP contribution in [0.4, 0.5) is 0 Å². The molecule has 1 aromatic rings. The van der Waals surface area contributed by atoms with E-state index in [1.165, 1.54) is 5.56 Å². The molecular formula is C13H23NO2. The van der Waals surface area contributed by atoms with Gasteiger partial charge in [-0.1, -0.05) is 20.8 Å². The van der Waals surface area contributed by atoms with E-state index < -0.39 is 0 Å². The molecule has 0 aromatic carbocycles. The van der Waals surface area contributed by atoms with Gasteiger partial charge in [-0.15, -0.1) is 0 Å². The normalized spacial score (nSPS) is 11.9. The Kier molecular flexibility index (Phi) is 5.56. The number of furan rings is 1. The fourth-order valence-electron chi connectivity index (χ4n) is 1.25. The van der Waals surface area contributed by atoms with Crippen molar-refractivity contribution in [1.29, 1.82) is 0 Å². The standard InChI is InChI=1S/C13H23NO2/c1-13(2,3)5-8-15-9-6-14-10-12-4-7-16-11-12/h4,7,11,14H,5-6,8-10H2,1-3H3. The van der Waals surface area contributed by atoms with Crippen LogP contribution in [0.5, 0.6) is 0 Å². The first-order valence-corrected chi connectivity index (χ1v) is 5.87. The molecule has 0 saturated heterocycles. The summed E-state index contributed by atoms with van der Waals surface area (Å²) in [6, 6.07) is 1.97. The third-order valence-electron chi connectivity index (χ3n) is 2.33. The van der Waals surface area contributed by atoms with Gasteiger partial charge in [0.05, 0.1) is 19.1 Å². The first-order valence-electron chi connectivity index (χ1n) is 5.87. The molecule has 1 N–H and O–H groups in total. The zero-order valence-corrected chi connectivity index (χ0v) is 10.6. The van der Waals surface area contributed by atoms with E-state index in [1.807, 2.05) is 6.07 Å². The number of ether oxygens (including phenoxy) is 1. The van der Waals surface area contributed by atoms with Crippen LogP contribution in [0.1, 0.15) is 32.8 Å². The lowest BCUT2D eigenvalue weighted by molar-refractivity contribution is 0.110. The van der Waals surface area contributed by atoms with Crippen molar-refractivity contribution in [3.63, 3.8) is 0 Å². The molecule has 1 rings (SSSR count). The molecule has 0 fully saturated rings. The van der Waals surface area contributed by atoms with E-state index in [0.717, 1.165) is 32.7 Å². The molecule has 0 unspecified atom stereocenters. The topological polar surface area (TPSA) is 34.4 Å². The van der Waals surface area contributed by atoms with E-state index in [0.29, 0.717) is 5.41 Å². The number of hydrogen-bond acceptors (Lipinski definition) is 3. The summed E-state index contributed by atoms with van der Waals surface area (Å²) in [5.74, 6) is 0. The summed E-state index contributed by atoms with van der Waals surface area (Å²) in [6.07, 6.45) is 4.55. The predicted octanol–water partition coefficient (Wildman–Crippen LogP) is 2.82. The molecule has 0 spiro atoms. The van der Waals surface area contributed by atoms with Crippen molar-refractivity contribution in [3.05, 3.63) is 24.2 Å². The van der Waals surface area contributed by atoms with E-state index in [4.69, 9.17) is 9.15 Å². The predicted molar refractivity (Wildman–Crippen MR) is 65.3 cm³/mol. The first-order chi connectivity index (χ1) is 7.58. The molecule has 16 heavy (non-hydrogen) atoms. The minimum atomic E-state index is 0.365. The maximum atomic E-state index is 5.54. The Morgan fingerprint density at radius 2 is 2.12 bits per heavy atom. The third kappa shape index (κ3) is 6.64. The highest BCUT2D eigenvalue weighted by atomic mass is 16.5. The average molecular weight is 225 g/mol. The maximum Gasteiger partial charge on any atom is 0.0947 e. The highest BCUT2D eigenvalue weighted by Crippen LogP contribution is 2.17. The zero-order chi connectivity index (χ0) is 11.9. The second-order valence-electron chi connectivity index (χ2n) is 5.23. The minimum Gasteiger partial charge on any atom is -0.472 e. The fourth-order valence-corrected chi connectivity index (χ4v) is 1.25. The SMILES string of the molecule is CC(C)(C)CCOCCNCc1ccoc1. The van der Waals surface area contributed by atoms with Gasteiger partial charge in [0.2, 0.25) is 0 Å². The molecule has 3 nitrogen and oxygen atoms in total. The molecule has 92 valence electrons. The Bertz CT molecular complexity index is 262. The van der Waals surface area contributed by atoms with Crippen LogP contribution in [-0.4, -0.2) is 19.8 Å².